The zero-order chi connectivity index (χ0) is 18.4. The van der Waals surface area contributed by atoms with Crippen LogP contribution in [0.1, 0.15) is 55.9 Å². The summed E-state index contributed by atoms with van der Waals surface area (Å²) in [6.07, 6.45) is 2.49. The Morgan fingerprint density at radius 1 is 0.808 bits per heavy atom. The zero-order valence-corrected chi connectivity index (χ0v) is 16.1. The maximum atomic E-state index is 5.77. The smallest absolute Gasteiger partial charge is 0.0178 e. The molecule has 0 fully saturated rings. The van der Waals surface area contributed by atoms with E-state index >= 15 is 0 Å². The molecule has 4 rings (SSSR count). The highest BCUT2D eigenvalue weighted by Crippen LogP contribution is 2.51. The average Bonchev–Trinajstić information content (AvgIpc) is 3.14. The Hall–Kier alpha value is -2.38. The minimum absolute atomic E-state index is 0.419. The van der Waals surface area contributed by atoms with Gasteiger partial charge in [-0.05, 0) is 66.7 Å². The third kappa shape index (κ3) is 2.50. The average molecular weight is 341 g/mol. The van der Waals surface area contributed by atoms with E-state index in [1.54, 1.807) is 0 Å². The second-order valence-electron chi connectivity index (χ2n) is 7.69. The molecular weight excluding hydrogens is 314 g/mol. The topological polar surface area (TPSA) is 26.0 Å². The summed E-state index contributed by atoms with van der Waals surface area (Å²) in [5.41, 5.74) is 18.4. The maximum Gasteiger partial charge on any atom is 0.0178 e. The monoisotopic (exact) mass is 341 g/mol. The van der Waals surface area contributed by atoms with Crippen molar-refractivity contribution >= 4 is 5.57 Å². The lowest BCUT2D eigenvalue weighted by Crippen LogP contribution is -2.11. The summed E-state index contributed by atoms with van der Waals surface area (Å²) in [4.78, 5) is 0. The van der Waals surface area contributed by atoms with Gasteiger partial charge >= 0.3 is 0 Å². The molecule has 0 saturated carbocycles. The molecule has 1 nitrogen and oxygen atoms in total. The molecule has 0 amide bonds. The normalized spacial score (nSPS) is 20.0. The summed E-state index contributed by atoms with van der Waals surface area (Å²) in [5.74, 6) is 0.903. The van der Waals surface area contributed by atoms with Gasteiger partial charge in [-0.2, -0.15) is 0 Å². The molecule has 0 spiro atoms. The molecule has 1 atom stereocenters. The van der Waals surface area contributed by atoms with Crippen LogP contribution in [0.4, 0.5) is 0 Å². The first-order chi connectivity index (χ1) is 12.5. The lowest BCUT2D eigenvalue weighted by atomic mass is 9.81. The highest BCUT2D eigenvalue weighted by molar-refractivity contribution is 5.86. The van der Waals surface area contributed by atoms with Gasteiger partial charge in [-0.3, -0.25) is 0 Å². The minimum atomic E-state index is 0.419. The van der Waals surface area contributed by atoms with E-state index < -0.39 is 0 Å². The molecule has 0 saturated heterocycles. The summed E-state index contributed by atoms with van der Waals surface area (Å²) in [6, 6.07) is 17.6. The molecule has 1 unspecified atom stereocenters. The van der Waals surface area contributed by atoms with Crippen LogP contribution in [0.2, 0.25) is 0 Å². The van der Waals surface area contributed by atoms with Crippen molar-refractivity contribution in [3.63, 3.8) is 0 Å². The first-order valence-corrected chi connectivity index (χ1v) is 9.48. The van der Waals surface area contributed by atoms with Gasteiger partial charge in [0, 0.05) is 18.4 Å². The van der Waals surface area contributed by atoms with Gasteiger partial charge in [0.05, 0.1) is 0 Å². The fourth-order valence-corrected chi connectivity index (χ4v) is 4.66. The molecule has 132 valence electrons. The van der Waals surface area contributed by atoms with Gasteiger partial charge in [0.25, 0.3) is 0 Å². The number of hydrogen-bond acceptors (Lipinski definition) is 1. The third-order valence-electron chi connectivity index (χ3n) is 6.49. The molecule has 0 radical (unpaired) electrons. The molecule has 2 aliphatic rings. The van der Waals surface area contributed by atoms with Gasteiger partial charge < -0.3 is 5.73 Å². The molecular formula is C25H27N. The second-order valence-corrected chi connectivity index (χ2v) is 7.69. The Bertz CT molecular complexity index is 930. The molecule has 1 heteroatoms. The van der Waals surface area contributed by atoms with Crippen LogP contribution in [0.5, 0.6) is 0 Å². The number of hydrogen-bond donors (Lipinski definition) is 1. The highest BCUT2D eigenvalue weighted by atomic mass is 14.5. The van der Waals surface area contributed by atoms with Crippen molar-refractivity contribution in [2.45, 2.75) is 40.2 Å². The van der Waals surface area contributed by atoms with Crippen LogP contribution in [0, 0.1) is 5.92 Å². The van der Waals surface area contributed by atoms with Gasteiger partial charge in [-0.1, -0.05) is 65.8 Å². The van der Waals surface area contributed by atoms with Crippen molar-refractivity contribution in [3.05, 3.63) is 99.2 Å². The molecule has 0 heterocycles. The largest absolute Gasteiger partial charge is 0.326 e. The van der Waals surface area contributed by atoms with Crippen LogP contribution in [-0.2, 0) is 6.54 Å². The summed E-state index contributed by atoms with van der Waals surface area (Å²) >= 11 is 0. The maximum absolute atomic E-state index is 5.77. The van der Waals surface area contributed by atoms with E-state index in [9.17, 15) is 0 Å². The van der Waals surface area contributed by atoms with Crippen LogP contribution in [0.3, 0.4) is 0 Å². The van der Waals surface area contributed by atoms with Crippen molar-refractivity contribution in [1.82, 2.24) is 0 Å². The zero-order valence-electron chi connectivity index (χ0n) is 16.1. The van der Waals surface area contributed by atoms with Gasteiger partial charge in [-0.25, -0.2) is 0 Å². The summed E-state index contributed by atoms with van der Waals surface area (Å²) in [5, 5.41) is 0. The molecule has 0 bridgehead atoms. The summed E-state index contributed by atoms with van der Waals surface area (Å²) < 4.78 is 0. The van der Waals surface area contributed by atoms with E-state index in [0.717, 1.165) is 0 Å². The predicted octanol–water partition coefficient (Wildman–Crippen LogP) is 5.98. The molecule has 2 N–H and O–H groups in total. The van der Waals surface area contributed by atoms with Crippen molar-refractivity contribution in [3.8, 4) is 0 Å². The molecule has 2 aliphatic carbocycles. The van der Waals surface area contributed by atoms with Gasteiger partial charge in [-0.15, -0.1) is 0 Å². The highest BCUT2D eigenvalue weighted by Gasteiger charge is 2.35. The lowest BCUT2D eigenvalue weighted by molar-refractivity contribution is 0.648. The van der Waals surface area contributed by atoms with Crippen molar-refractivity contribution in [2.24, 2.45) is 11.7 Å². The quantitative estimate of drug-likeness (QED) is 0.730. The van der Waals surface area contributed by atoms with E-state index in [-0.39, 0.29) is 0 Å². The van der Waals surface area contributed by atoms with E-state index in [1.807, 2.05) is 0 Å². The number of fused-ring (bicyclic) bond motifs is 1. The van der Waals surface area contributed by atoms with Gasteiger partial charge in [0.1, 0.15) is 0 Å². The van der Waals surface area contributed by atoms with Crippen molar-refractivity contribution in [2.75, 3.05) is 0 Å². The van der Waals surface area contributed by atoms with Crippen LogP contribution in [-0.4, -0.2) is 0 Å². The third-order valence-corrected chi connectivity index (χ3v) is 6.49. The Morgan fingerprint density at radius 2 is 1.42 bits per heavy atom. The first-order valence-electron chi connectivity index (χ1n) is 9.48. The standard InChI is InChI=1S/C25H27N/c1-15-16(2)18(4)25(17(15)3)24-13-23(21-7-5-6-8-22(21)24)20-11-9-19(14-26)10-12-20/h5-13,24-25H,14,26H2,1-4H3. The first kappa shape index (κ1) is 17.1. The minimum Gasteiger partial charge on any atom is -0.326 e. The predicted molar refractivity (Wildman–Crippen MR) is 111 cm³/mol. The molecule has 26 heavy (non-hydrogen) atoms. The van der Waals surface area contributed by atoms with E-state index in [1.165, 1.54) is 50.1 Å². The van der Waals surface area contributed by atoms with Crippen molar-refractivity contribution in [1.29, 1.82) is 0 Å². The Balaban J connectivity index is 1.83. The molecule has 2 aromatic carbocycles. The van der Waals surface area contributed by atoms with E-state index in [0.29, 0.717) is 18.4 Å². The van der Waals surface area contributed by atoms with Crippen LogP contribution in [0.15, 0.2) is 76.9 Å². The fourth-order valence-electron chi connectivity index (χ4n) is 4.66. The number of benzene rings is 2. The van der Waals surface area contributed by atoms with E-state index in [4.69, 9.17) is 5.73 Å². The van der Waals surface area contributed by atoms with Gasteiger partial charge in [0.2, 0.25) is 0 Å². The van der Waals surface area contributed by atoms with Crippen LogP contribution < -0.4 is 5.73 Å². The number of rotatable bonds is 3. The number of nitrogens with two attached hydrogens (primary N) is 1. The van der Waals surface area contributed by atoms with Crippen LogP contribution >= 0.6 is 0 Å². The Kier molecular flexibility index (Phi) is 4.20. The number of allylic oxidation sites excluding steroid dienone is 5. The summed E-state index contributed by atoms with van der Waals surface area (Å²) in [6.45, 7) is 9.75. The lowest BCUT2D eigenvalue weighted by Gasteiger charge is -2.23. The second kappa shape index (κ2) is 6.41. The van der Waals surface area contributed by atoms with Crippen molar-refractivity contribution < 1.29 is 0 Å². The molecule has 2 aromatic rings. The Morgan fingerprint density at radius 3 is 2.04 bits per heavy atom. The summed E-state index contributed by atoms with van der Waals surface area (Å²) in [7, 11) is 0. The van der Waals surface area contributed by atoms with Gasteiger partial charge in [0.15, 0.2) is 0 Å². The molecule has 0 aromatic heterocycles. The van der Waals surface area contributed by atoms with E-state index in [2.05, 4.69) is 82.3 Å². The Labute approximate surface area is 156 Å². The SMILES string of the molecule is CC1=C(C)C(C2C=C(c3ccc(CN)cc3)c3ccccc32)C(C)=C1C. The fraction of sp³-hybridized carbons (Fsp3) is 0.280. The van der Waals surface area contributed by atoms with Crippen LogP contribution in [0.25, 0.3) is 5.57 Å². The molecule has 0 aliphatic heterocycles.